The SMILES string of the molecule is CCN(Cc1ccccc1)C(=O)C1(C(=O)NCC2CCCO2)CC1. The van der Waals surface area contributed by atoms with Gasteiger partial charge >= 0.3 is 0 Å². The Hall–Kier alpha value is -1.88. The summed E-state index contributed by atoms with van der Waals surface area (Å²) >= 11 is 0. The van der Waals surface area contributed by atoms with Crippen molar-refractivity contribution in [1.29, 1.82) is 0 Å². The van der Waals surface area contributed by atoms with E-state index >= 15 is 0 Å². The van der Waals surface area contributed by atoms with Gasteiger partial charge in [-0.15, -0.1) is 0 Å². The molecule has 1 aliphatic heterocycles. The Kier molecular flexibility index (Phi) is 5.19. The van der Waals surface area contributed by atoms with Gasteiger partial charge in [-0.1, -0.05) is 30.3 Å². The van der Waals surface area contributed by atoms with Gasteiger partial charge in [0.2, 0.25) is 11.8 Å². The zero-order valence-electron chi connectivity index (χ0n) is 14.3. The van der Waals surface area contributed by atoms with Gasteiger partial charge in [-0.25, -0.2) is 0 Å². The quantitative estimate of drug-likeness (QED) is 0.779. The molecule has 1 unspecified atom stereocenters. The molecule has 5 heteroatoms. The lowest BCUT2D eigenvalue weighted by atomic mass is 10.0. The van der Waals surface area contributed by atoms with Gasteiger partial charge in [-0.3, -0.25) is 9.59 Å². The summed E-state index contributed by atoms with van der Waals surface area (Å²) in [5, 5.41) is 2.94. The number of carbonyl (C=O) groups is 2. The average Bonchev–Trinajstić information content (AvgIpc) is 3.27. The molecule has 0 radical (unpaired) electrons. The van der Waals surface area contributed by atoms with Crippen molar-refractivity contribution in [3.05, 3.63) is 35.9 Å². The van der Waals surface area contributed by atoms with Crippen molar-refractivity contribution < 1.29 is 14.3 Å². The minimum atomic E-state index is -0.844. The summed E-state index contributed by atoms with van der Waals surface area (Å²) in [6, 6.07) is 9.91. The third kappa shape index (κ3) is 3.61. The van der Waals surface area contributed by atoms with E-state index < -0.39 is 5.41 Å². The van der Waals surface area contributed by atoms with Gasteiger partial charge in [0.25, 0.3) is 0 Å². The maximum absolute atomic E-state index is 12.9. The second-order valence-corrected chi connectivity index (χ2v) is 6.73. The molecule has 3 rings (SSSR count). The van der Waals surface area contributed by atoms with Crippen LogP contribution in [0, 0.1) is 5.41 Å². The Morgan fingerprint density at radius 3 is 2.62 bits per heavy atom. The fourth-order valence-electron chi connectivity index (χ4n) is 3.28. The van der Waals surface area contributed by atoms with E-state index in [0.717, 1.165) is 25.0 Å². The van der Waals surface area contributed by atoms with Gasteiger partial charge in [0, 0.05) is 26.2 Å². The van der Waals surface area contributed by atoms with Crippen molar-refractivity contribution in [3.8, 4) is 0 Å². The molecule has 24 heavy (non-hydrogen) atoms. The van der Waals surface area contributed by atoms with Crippen LogP contribution in [0.3, 0.4) is 0 Å². The average molecular weight is 330 g/mol. The Morgan fingerprint density at radius 1 is 1.29 bits per heavy atom. The van der Waals surface area contributed by atoms with Crippen LogP contribution in [0.25, 0.3) is 0 Å². The molecule has 2 amide bonds. The van der Waals surface area contributed by atoms with Gasteiger partial charge in [-0.05, 0) is 38.2 Å². The molecule has 130 valence electrons. The molecule has 1 N–H and O–H groups in total. The second kappa shape index (κ2) is 7.34. The van der Waals surface area contributed by atoms with E-state index in [-0.39, 0.29) is 17.9 Å². The topological polar surface area (TPSA) is 58.6 Å². The lowest BCUT2D eigenvalue weighted by Gasteiger charge is -2.26. The van der Waals surface area contributed by atoms with Crippen LogP contribution in [-0.2, 0) is 20.9 Å². The van der Waals surface area contributed by atoms with Crippen LogP contribution >= 0.6 is 0 Å². The van der Waals surface area contributed by atoms with Crippen molar-refractivity contribution in [1.82, 2.24) is 10.2 Å². The Labute approximate surface area is 143 Å². The molecule has 1 aliphatic carbocycles. The molecule has 0 aromatic heterocycles. The van der Waals surface area contributed by atoms with E-state index in [1.165, 1.54) is 0 Å². The number of rotatable bonds is 7. The van der Waals surface area contributed by atoms with Gasteiger partial charge in [0.15, 0.2) is 0 Å². The van der Waals surface area contributed by atoms with Crippen LogP contribution in [0.2, 0.25) is 0 Å². The summed E-state index contributed by atoms with van der Waals surface area (Å²) in [6.07, 6.45) is 3.43. The fraction of sp³-hybridized carbons (Fsp3) is 0.579. The van der Waals surface area contributed by atoms with E-state index in [2.05, 4.69) is 5.32 Å². The van der Waals surface area contributed by atoms with Crippen LogP contribution in [-0.4, -0.2) is 42.5 Å². The fourth-order valence-corrected chi connectivity index (χ4v) is 3.28. The third-order valence-corrected chi connectivity index (χ3v) is 4.99. The summed E-state index contributed by atoms with van der Waals surface area (Å²) in [6.45, 7) is 4.40. The Balaban J connectivity index is 1.60. The molecule has 1 aromatic rings. The summed E-state index contributed by atoms with van der Waals surface area (Å²) in [5.41, 5.74) is 0.243. The highest BCUT2D eigenvalue weighted by Crippen LogP contribution is 2.47. The Morgan fingerprint density at radius 2 is 2.04 bits per heavy atom. The highest BCUT2D eigenvalue weighted by molar-refractivity contribution is 6.07. The third-order valence-electron chi connectivity index (χ3n) is 4.99. The zero-order valence-corrected chi connectivity index (χ0v) is 14.3. The molecular formula is C19H26N2O3. The van der Waals surface area contributed by atoms with Crippen LogP contribution in [0.15, 0.2) is 30.3 Å². The second-order valence-electron chi connectivity index (χ2n) is 6.73. The molecule has 2 aliphatic rings. The first-order valence-electron chi connectivity index (χ1n) is 8.89. The van der Waals surface area contributed by atoms with Crippen LogP contribution < -0.4 is 5.32 Å². The van der Waals surface area contributed by atoms with E-state index in [1.807, 2.05) is 37.3 Å². The largest absolute Gasteiger partial charge is 0.376 e. The smallest absolute Gasteiger partial charge is 0.238 e. The molecule has 2 fully saturated rings. The molecule has 0 bridgehead atoms. The summed E-state index contributed by atoms with van der Waals surface area (Å²) in [5.74, 6) is -0.173. The summed E-state index contributed by atoms with van der Waals surface area (Å²) in [4.78, 5) is 27.3. The predicted molar refractivity (Wildman–Crippen MR) is 91.2 cm³/mol. The molecule has 1 saturated carbocycles. The van der Waals surface area contributed by atoms with E-state index in [4.69, 9.17) is 4.74 Å². The standard InChI is InChI=1S/C19H26N2O3/c1-2-21(14-15-7-4-3-5-8-15)18(23)19(10-11-19)17(22)20-13-16-9-6-12-24-16/h3-5,7-8,16H,2,6,9-14H2,1H3,(H,20,22). The lowest BCUT2D eigenvalue weighted by Crippen LogP contribution is -2.46. The number of hydrogen-bond acceptors (Lipinski definition) is 3. The van der Waals surface area contributed by atoms with E-state index in [1.54, 1.807) is 4.90 Å². The summed E-state index contributed by atoms with van der Waals surface area (Å²) in [7, 11) is 0. The number of carbonyl (C=O) groups excluding carboxylic acids is 2. The highest BCUT2D eigenvalue weighted by Gasteiger charge is 2.57. The van der Waals surface area contributed by atoms with Crippen LogP contribution in [0.4, 0.5) is 0 Å². The maximum atomic E-state index is 12.9. The van der Waals surface area contributed by atoms with Crippen LogP contribution in [0.5, 0.6) is 0 Å². The van der Waals surface area contributed by atoms with E-state index in [9.17, 15) is 9.59 Å². The predicted octanol–water partition coefficient (Wildman–Crippen LogP) is 2.11. The van der Waals surface area contributed by atoms with Gasteiger partial charge < -0.3 is 15.0 Å². The minimum Gasteiger partial charge on any atom is -0.376 e. The molecule has 0 spiro atoms. The first-order chi connectivity index (χ1) is 11.7. The molecule has 5 nitrogen and oxygen atoms in total. The first kappa shape index (κ1) is 17.0. The van der Waals surface area contributed by atoms with Crippen molar-refractivity contribution in [2.45, 2.75) is 45.3 Å². The number of hydrogen-bond donors (Lipinski definition) is 1. The monoisotopic (exact) mass is 330 g/mol. The minimum absolute atomic E-state index is 0.0429. The van der Waals surface area contributed by atoms with Crippen molar-refractivity contribution in [3.63, 3.8) is 0 Å². The summed E-state index contributed by atoms with van der Waals surface area (Å²) < 4.78 is 5.53. The van der Waals surface area contributed by atoms with Crippen molar-refractivity contribution in [2.75, 3.05) is 19.7 Å². The number of nitrogens with zero attached hydrogens (tertiary/aromatic N) is 1. The molecule has 1 aromatic carbocycles. The maximum Gasteiger partial charge on any atom is 0.238 e. The van der Waals surface area contributed by atoms with Gasteiger partial charge in [0.05, 0.1) is 6.10 Å². The molecular weight excluding hydrogens is 304 g/mol. The van der Waals surface area contributed by atoms with Crippen molar-refractivity contribution in [2.24, 2.45) is 5.41 Å². The van der Waals surface area contributed by atoms with E-state index in [0.29, 0.717) is 32.5 Å². The number of amides is 2. The Bertz CT molecular complexity index is 578. The van der Waals surface area contributed by atoms with Crippen LogP contribution in [0.1, 0.15) is 38.2 Å². The first-order valence-corrected chi connectivity index (χ1v) is 8.89. The molecule has 1 atom stereocenters. The molecule has 1 heterocycles. The van der Waals surface area contributed by atoms with Gasteiger partial charge in [-0.2, -0.15) is 0 Å². The number of ether oxygens (including phenoxy) is 1. The zero-order chi connectivity index (χ0) is 17.0. The molecule has 1 saturated heterocycles. The highest BCUT2D eigenvalue weighted by atomic mass is 16.5. The van der Waals surface area contributed by atoms with Crippen molar-refractivity contribution >= 4 is 11.8 Å². The lowest BCUT2D eigenvalue weighted by molar-refractivity contribution is -0.144. The van der Waals surface area contributed by atoms with Gasteiger partial charge in [0.1, 0.15) is 5.41 Å². The number of benzene rings is 1. The normalized spacial score (nSPS) is 21.3. The number of nitrogens with one attached hydrogen (secondary N) is 1.